The van der Waals surface area contributed by atoms with Crippen molar-refractivity contribution in [2.24, 2.45) is 5.41 Å². The Balaban J connectivity index is 1.46. The van der Waals surface area contributed by atoms with Gasteiger partial charge >= 0.3 is 18.3 Å². The first-order valence-electron chi connectivity index (χ1n) is 16.6. The fraction of sp³-hybridized carbons (Fsp3) is 0.500. The lowest BCUT2D eigenvalue weighted by atomic mass is 9.76. The van der Waals surface area contributed by atoms with Crippen LogP contribution in [0, 0.1) is 5.41 Å². The molecule has 2 aliphatic rings. The fourth-order valence-corrected chi connectivity index (χ4v) is 7.29. The quantitative estimate of drug-likeness (QED) is 0.203. The number of piperidine rings is 2. The van der Waals surface area contributed by atoms with Crippen molar-refractivity contribution in [1.82, 2.24) is 15.1 Å². The molecular weight excluding hydrogens is 706 g/mol. The second-order valence-corrected chi connectivity index (χ2v) is 13.4. The summed E-state index contributed by atoms with van der Waals surface area (Å²) in [6.07, 6.45) is -12.0. The third kappa shape index (κ3) is 8.38. The molecule has 0 spiro atoms. The van der Waals surface area contributed by atoms with Crippen LogP contribution in [0.4, 0.5) is 35.1 Å². The number of ether oxygens (including phenoxy) is 2. The Hall–Kier alpha value is -4.18. The van der Waals surface area contributed by atoms with E-state index in [0.29, 0.717) is 57.5 Å². The monoisotopic (exact) mass is 745 g/mol. The Bertz CT molecular complexity index is 1770. The smallest absolute Gasteiger partial charge is 0.403 e. The van der Waals surface area contributed by atoms with Gasteiger partial charge in [0.2, 0.25) is 5.91 Å². The highest BCUT2D eigenvalue weighted by Crippen LogP contribution is 2.48. The Labute approximate surface area is 294 Å². The van der Waals surface area contributed by atoms with E-state index in [9.17, 15) is 49.8 Å². The van der Waals surface area contributed by atoms with Crippen LogP contribution in [0.3, 0.4) is 0 Å². The number of nitrogens with zero attached hydrogens (tertiary/aromatic N) is 2. The average molecular weight is 746 g/mol. The minimum Gasteiger partial charge on any atom is -0.496 e. The molecule has 2 fully saturated rings. The number of rotatable bonds is 11. The number of halogens is 8. The van der Waals surface area contributed by atoms with Gasteiger partial charge in [0.25, 0.3) is 5.92 Å². The first-order valence-corrected chi connectivity index (χ1v) is 16.6. The van der Waals surface area contributed by atoms with Crippen LogP contribution < -0.4 is 14.8 Å². The maximum atomic E-state index is 14.4. The number of carboxylic acid groups (broad SMARTS) is 1. The van der Waals surface area contributed by atoms with Crippen molar-refractivity contribution in [3.05, 3.63) is 59.7 Å². The van der Waals surface area contributed by atoms with Gasteiger partial charge in [0.15, 0.2) is 0 Å². The Kier molecular flexibility index (Phi) is 11.3. The molecule has 0 aromatic heterocycles. The van der Waals surface area contributed by atoms with Crippen LogP contribution in [0.5, 0.6) is 11.5 Å². The molecule has 52 heavy (non-hydrogen) atoms. The summed E-state index contributed by atoms with van der Waals surface area (Å²) in [5, 5.41) is 13.2. The van der Waals surface area contributed by atoms with Crippen LogP contribution in [0.25, 0.3) is 21.9 Å². The molecule has 2 saturated heterocycles. The summed E-state index contributed by atoms with van der Waals surface area (Å²) >= 11 is 0. The van der Waals surface area contributed by atoms with E-state index in [1.165, 1.54) is 14.2 Å². The number of carbonyl (C=O) groups is 2. The number of aliphatic carboxylic acids is 1. The van der Waals surface area contributed by atoms with E-state index >= 15 is 0 Å². The van der Waals surface area contributed by atoms with Gasteiger partial charge in [-0.25, -0.2) is 13.6 Å². The number of amides is 1. The third-order valence-corrected chi connectivity index (χ3v) is 9.89. The molecule has 16 heteroatoms. The number of hydrogen-bond acceptors (Lipinski definition) is 6. The molecular formula is C36H39F8N3O5. The molecule has 3 aromatic rings. The molecule has 2 aliphatic heterocycles. The number of benzene rings is 3. The molecule has 5 rings (SSSR count). The number of carboxylic acids is 1. The summed E-state index contributed by atoms with van der Waals surface area (Å²) in [6.45, 7) is -2.51. The van der Waals surface area contributed by atoms with Gasteiger partial charge in [0.05, 0.1) is 32.9 Å². The maximum absolute atomic E-state index is 14.4. The number of likely N-dealkylation sites (tertiary alicyclic amines) is 2. The number of hydrogen-bond donors (Lipinski definition) is 2. The molecule has 1 amide bonds. The molecule has 284 valence electrons. The molecule has 0 aliphatic carbocycles. The number of alkyl halides is 8. The number of nitrogens with one attached hydrogen (secondary N) is 1. The van der Waals surface area contributed by atoms with Crippen molar-refractivity contribution in [3.63, 3.8) is 0 Å². The molecule has 0 bridgehead atoms. The van der Waals surface area contributed by atoms with Gasteiger partial charge in [0, 0.05) is 24.9 Å². The predicted octanol–water partition coefficient (Wildman–Crippen LogP) is 7.07. The van der Waals surface area contributed by atoms with E-state index in [1.807, 2.05) is 5.32 Å². The second kappa shape index (κ2) is 15.0. The Morgan fingerprint density at radius 1 is 0.865 bits per heavy atom. The standard InChI is InChI=1S/C36H39F8N3O5/c1-51-28-11-10-23(19-47-15-5-12-34(37,38)20-47)30(52-2)29(28)26-9-4-7-24-22(6-3-8-25(24)26)18-27(31(48)49)45-32(50)33(36(42,43)44)13-16-46(17-14-33)21-35(39,40)41/h3-4,6-11,27H,5,12-21H2,1-2H3,(H,45,50)(H,48,49)/t27-/m0/s1. The predicted molar refractivity (Wildman–Crippen MR) is 175 cm³/mol. The van der Waals surface area contributed by atoms with Gasteiger partial charge < -0.3 is 19.9 Å². The van der Waals surface area contributed by atoms with Crippen LogP contribution in [0.2, 0.25) is 0 Å². The van der Waals surface area contributed by atoms with Crippen molar-refractivity contribution in [2.45, 2.75) is 63.0 Å². The maximum Gasteiger partial charge on any atom is 0.403 e. The van der Waals surface area contributed by atoms with Crippen LogP contribution >= 0.6 is 0 Å². The topological polar surface area (TPSA) is 91.3 Å². The molecule has 2 N–H and O–H groups in total. The van der Waals surface area contributed by atoms with Crippen molar-refractivity contribution in [3.8, 4) is 22.6 Å². The minimum absolute atomic E-state index is 0.172. The van der Waals surface area contributed by atoms with Gasteiger partial charge in [-0.1, -0.05) is 42.5 Å². The zero-order chi connectivity index (χ0) is 38.1. The van der Waals surface area contributed by atoms with E-state index in [2.05, 4.69) is 0 Å². The van der Waals surface area contributed by atoms with Gasteiger partial charge in [-0.05, 0) is 66.9 Å². The molecule has 8 nitrogen and oxygen atoms in total. The minimum atomic E-state index is -5.15. The highest BCUT2D eigenvalue weighted by atomic mass is 19.4. The number of fused-ring (bicyclic) bond motifs is 1. The lowest BCUT2D eigenvalue weighted by Gasteiger charge is -2.42. The highest BCUT2D eigenvalue weighted by Gasteiger charge is 2.61. The SMILES string of the molecule is COc1ccc(CN2CCCC(F)(F)C2)c(OC)c1-c1cccc2c(C[C@H](NC(=O)C3(C(F)(F)F)CCN(CC(F)(F)F)CC3)C(=O)O)cccc12. The van der Waals surface area contributed by atoms with Crippen LogP contribution in [0.1, 0.15) is 36.8 Å². The number of methoxy groups -OCH3 is 2. The van der Waals surface area contributed by atoms with E-state index in [1.54, 1.807) is 53.4 Å². The van der Waals surface area contributed by atoms with E-state index in [0.717, 1.165) is 4.90 Å². The van der Waals surface area contributed by atoms with Crippen molar-refractivity contribution < 1.29 is 59.3 Å². The Morgan fingerprint density at radius 2 is 1.54 bits per heavy atom. The first-order chi connectivity index (χ1) is 24.4. The summed E-state index contributed by atoms with van der Waals surface area (Å²) in [4.78, 5) is 28.1. The van der Waals surface area contributed by atoms with Crippen molar-refractivity contribution in [1.29, 1.82) is 0 Å². The lowest BCUT2D eigenvalue weighted by Crippen LogP contribution is -2.59. The highest BCUT2D eigenvalue weighted by molar-refractivity contribution is 6.01. The third-order valence-electron chi connectivity index (χ3n) is 9.89. The zero-order valence-corrected chi connectivity index (χ0v) is 28.5. The first kappa shape index (κ1) is 39.0. The largest absolute Gasteiger partial charge is 0.496 e. The Morgan fingerprint density at radius 3 is 2.13 bits per heavy atom. The summed E-state index contributed by atoms with van der Waals surface area (Å²) in [5.74, 6) is -5.26. The fourth-order valence-electron chi connectivity index (χ4n) is 7.29. The second-order valence-electron chi connectivity index (χ2n) is 13.4. The summed E-state index contributed by atoms with van der Waals surface area (Å²) in [6, 6.07) is 11.7. The van der Waals surface area contributed by atoms with Gasteiger partial charge in [-0.3, -0.25) is 14.6 Å². The van der Waals surface area contributed by atoms with Crippen molar-refractivity contribution >= 4 is 22.6 Å². The average Bonchev–Trinajstić information content (AvgIpc) is 3.06. The van der Waals surface area contributed by atoms with Gasteiger partial charge in [0.1, 0.15) is 23.0 Å². The van der Waals surface area contributed by atoms with Gasteiger partial charge in [-0.2, -0.15) is 26.3 Å². The molecule has 3 aromatic carbocycles. The van der Waals surface area contributed by atoms with E-state index < -0.39 is 87.0 Å². The zero-order valence-electron chi connectivity index (χ0n) is 28.5. The molecule has 1 atom stereocenters. The molecule has 0 radical (unpaired) electrons. The molecule has 0 saturated carbocycles. The summed E-state index contributed by atoms with van der Waals surface area (Å²) in [7, 11) is 2.89. The van der Waals surface area contributed by atoms with Crippen LogP contribution in [-0.4, -0.2) is 98.0 Å². The van der Waals surface area contributed by atoms with Gasteiger partial charge in [-0.15, -0.1) is 0 Å². The summed E-state index contributed by atoms with van der Waals surface area (Å²) in [5.41, 5.74) is -0.993. The number of carbonyl (C=O) groups excluding carboxylic acids is 1. The lowest BCUT2D eigenvalue weighted by molar-refractivity contribution is -0.236. The van der Waals surface area contributed by atoms with Crippen LogP contribution in [-0.2, 0) is 22.6 Å². The molecule has 0 unspecified atom stereocenters. The van der Waals surface area contributed by atoms with Crippen molar-refractivity contribution in [2.75, 3.05) is 46.9 Å². The van der Waals surface area contributed by atoms with E-state index in [4.69, 9.17) is 9.47 Å². The van der Waals surface area contributed by atoms with Crippen LogP contribution in [0.15, 0.2) is 48.5 Å². The normalized spacial score (nSPS) is 18.9. The van der Waals surface area contributed by atoms with E-state index in [-0.39, 0.29) is 13.0 Å². The summed E-state index contributed by atoms with van der Waals surface area (Å²) < 4.78 is 122. The molecule has 2 heterocycles.